The van der Waals surface area contributed by atoms with Crippen molar-refractivity contribution in [2.75, 3.05) is 25.4 Å². The molecule has 2 N–H and O–H groups in total. The van der Waals surface area contributed by atoms with Crippen molar-refractivity contribution >= 4 is 34.4 Å². The Hall–Kier alpha value is -1.89. The van der Waals surface area contributed by atoms with Gasteiger partial charge in [0.1, 0.15) is 17.6 Å². The summed E-state index contributed by atoms with van der Waals surface area (Å²) in [7, 11) is 0. The number of likely N-dealkylation sites (N-methyl/N-ethyl adjacent to an activating group) is 1. The molecule has 0 saturated carbocycles. The summed E-state index contributed by atoms with van der Waals surface area (Å²) in [6, 6.07) is 15.0. The average molecular weight is 466 g/mol. The SMILES string of the molecule is CCN(CC)CCn1c(N)[n+](CC(=O)c2ccc(Cl)cc2)c2ccccc21.[Br-]. The predicted molar refractivity (Wildman–Crippen MR) is 110 cm³/mol. The lowest BCUT2D eigenvalue weighted by atomic mass is 10.1. The van der Waals surface area contributed by atoms with Crippen molar-refractivity contribution in [2.45, 2.75) is 26.9 Å². The van der Waals surface area contributed by atoms with Crippen LogP contribution in [0.4, 0.5) is 5.95 Å². The molecule has 1 aromatic heterocycles. The van der Waals surface area contributed by atoms with Gasteiger partial charge in [0.05, 0.1) is 6.54 Å². The molecule has 0 spiro atoms. The number of Topliss-reactive ketones (excluding diaryl/α,β-unsaturated/α-hetero) is 1. The Morgan fingerprint density at radius 3 is 2.39 bits per heavy atom. The minimum absolute atomic E-state index is 0. The molecule has 0 unspecified atom stereocenters. The monoisotopic (exact) mass is 464 g/mol. The van der Waals surface area contributed by atoms with Crippen LogP contribution in [-0.4, -0.2) is 34.9 Å². The highest BCUT2D eigenvalue weighted by Gasteiger charge is 2.23. The number of rotatable bonds is 8. The van der Waals surface area contributed by atoms with Gasteiger partial charge in [0, 0.05) is 17.1 Å². The van der Waals surface area contributed by atoms with Crippen LogP contribution in [-0.2, 0) is 13.1 Å². The number of carbonyl (C=O) groups is 1. The third kappa shape index (κ3) is 4.74. The second-order valence-corrected chi connectivity index (χ2v) is 6.98. The quantitative estimate of drug-likeness (QED) is 0.387. The summed E-state index contributed by atoms with van der Waals surface area (Å²) in [6.45, 7) is 8.23. The Balaban J connectivity index is 0.00000280. The molecular formula is C21H26BrClN4O. The average Bonchev–Trinajstić information content (AvgIpc) is 2.95. The molecule has 0 aliphatic carbocycles. The Labute approximate surface area is 181 Å². The number of aromatic nitrogens is 2. The summed E-state index contributed by atoms with van der Waals surface area (Å²) in [4.78, 5) is 15.1. The van der Waals surface area contributed by atoms with E-state index in [0.29, 0.717) is 16.5 Å². The van der Waals surface area contributed by atoms with E-state index in [0.717, 1.165) is 37.2 Å². The summed E-state index contributed by atoms with van der Waals surface area (Å²) in [5.41, 5.74) is 9.12. The van der Waals surface area contributed by atoms with E-state index in [1.165, 1.54) is 0 Å². The second kappa shape index (κ2) is 10.0. The van der Waals surface area contributed by atoms with Crippen LogP contribution in [0.3, 0.4) is 0 Å². The van der Waals surface area contributed by atoms with E-state index in [4.69, 9.17) is 17.3 Å². The number of ketones is 1. The van der Waals surface area contributed by atoms with Gasteiger partial charge in [0.15, 0.2) is 5.78 Å². The maximum Gasteiger partial charge on any atom is 0.356 e. The molecule has 150 valence electrons. The van der Waals surface area contributed by atoms with Crippen LogP contribution < -0.4 is 27.3 Å². The van der Waals surface area contributed by atoms with Crippen molar-refractivity contribution in [3.05, 3.63) is 59.1 Å². The molecular weight excluding hydrogens is 440 g/mol. The molecule has 1 heterocycles. The standard InChI is InChI=1S/C21H25ClN4O.BrH/c1-3-24(4-2)13-14-25-18-7-5-6-8-19(18)26(21(25)23)15-20(27)16-9-11-17(22)12-10-16;/h5-12,23H,3-4,13-15H2,1-2H3;1H. The van der Waals surface area contributed by atoms with Crippen LogP contribution in [0.25, 0.3) is 11.0 Å². The van der Waals surface area contributed by atoms with Gasteiger partial charge in [0.25, 0.3) is 0 Å². The normalized spacial score (nSPS) is 11.0. The summed E-state index contributed by atoms with van der Waals surface area (Å²) in [6.07, 6.45) is 0. The highest BCUT2D eigenvalue weighted by molar-refractivity contribution is 6.30. The second-order valence-electron chi connectivity index (χ2n) is 6.54. The van der Waals surface area contributed by atoms with Crippen LogP contribution in [0.15, 0.2) is 48.5 Å². The number of carbonyl (C=O) groups excluding carboxylic acids is 1. The van der Waals surface area contributed by atoms with Gasteiger partial charge in [-0.3, -0.25) is 10.5 Å². The van der Waals surface area contributed by atoms with Gasteiger partial charge >= 0.3 is 5.95 Å². The van der Waals surface area contributed by atoms with Gasteiger partial charge in [-0.05, 0) is 49.5 Å². The lowest BCUT2D eigenvalue weighted by molar-refractivity contribution is -0.642. The molecule has 28 heavy (non-hydrogen) atoms. The maximum atomic E-state index is 12.8. The number of hydrogen-bond acceptors (Lipinski definition) is 3. The highest BCUT2D eigenvalue weighted by atomic mass is 79.9. The molecule has 0 aliphatic rings. The maximum absolute atomic E-state index is 12.8. The molecule has 0 saturated heterocycles. The van der Waals surface area contributed by atoms with Crippen LogP contribution in [0, 0.1) is 0 Å². The van der Waals surface area contributed by atoms with Crippen LogP contribution in [0.5, 0.6) is 0 Å². The van der Waals surface area contributed by atoms with Crippen molar-refractivity contribution in [2.24, 2.45) is 0 Å². The Kier molecular flexibility index (Phi) is 8.04. The summed E-state index contributed by atoms with van der Waals surface area (Å²) >= 11 is 5.92. The first-order chi connectivity index (χ1) is 13.0. The van der Waals surface area contributed by atoms with Gasteiger partial charge in [0.2, 0.25) is 0 Å². The molecule has 0 fully saturated rings. The molecule has 3 rings (SSSR count). The van der Waals surface area contributed by atoms with Crippen molar-refractivity contribution in [3.8, 4) is 0 Å². The van der Waals surface area contributed by atoms with E-state index in [9.17, 15) is 4.79 Å². The van der Waals surface area contributed by atoms with E-state index in [-0.39, 0.29) is 29.3 Å². The van der Waals surface area contributed by atoms with Crippen LogP contribution >= 0.6 is 11.6 Å². The fourth-order valence-corrected chi connectivity index (χ4v) is 3.49. The highest BCUT2D eigenvalue weighted by Crippen LogP contribution is 2.17. The van der Waals surface area contributed by atoms with Gasteiger partial charge < -0.3 is 21.9 Å². The fourth-order valence-electron chi connectivity index (χ4n) is 3.37. The number of halogens is 2. The molecule has 3 aromatic rings. The molecule has 0 atom stereocenters. The molecule has 2 aromatic carbocycles. The summed E-state index contributed by atoms with van der Waals surface area (Å²) in [5, 5.41) is 0.617. The van der Waals surface area contributed by atoms with E-state index < -0.39 is 0 Å². The molecule has 0 bridgehead atoms. The predicted octanol–water partition coefficient (Wildman–Crippen LogP) is 0.393. The number of fused-ring (bicyclic) bond motifs is 1. The third-order valence-electron chi connectivity index (χ3n) is 5.02. The minimum Gasteiger partial charge on any atom is -1.00 e. The number of anilines is 1. The number of imidazole rings is 1. The number of benzene rings is 2. The number of nitrogens with zero attached hydrogens (tertiary/aromatic N) is 3. The number of nitrogen functional groups attached to an aromatic ring is 1. The van der Waals surface area contributed by atoms with E-state index >= 15 is 0 Å². The lowest BCUT2D eigenvalue weighted by Crippen LogP contribution is -3.00. The molecule has 0 radical (unpaired) electrons. The Bertz CT molecular complexity index is 935. The zero-order chi connectivity index (χ0) is 19.4. The first-order valence-corrected chi connectivity index (χ1v) is 9.70. The van der Waals surface area contributed by atoms with E-state index in [1.807, 2.05) is 22.8 Å². The number of hydrogen-bond donors (Lipinski definition) is 1. The molecule has 5 nitrogen and oxygen atoms in total. The summed E-state index contributed by atoms with van der Waals surface area (Å²) < 4.78 is 4.00. The van der Waals surface area contributed by atoms with Crippen LogP contribution in [0.1, 0.15) is 24.2 Å². The molecule has 0 amide bonds. The zero-order valence-corrected chi connectivity index (χ0v) is 18.6. The van der Waals surface area contributed by atoms with Crippen molar-refractivity contribution in [1.82, 2.24) is 9.47 Å². The fraction of sp³-hybridized carbons (Fsp3) is 0.333. The van der Waals surface area contributed by atoms with Gasteiger partial charge in [-0.25, -0.2) is 9.13 Å². The lowest BCUT2D eigenvalue weighted by Gasteiger charge is -2.17. The Morgan fingerprint density at radius 1 is 1.11 bits per heavy atom. The Morgan fingerprint density at radius 2 is 1.75 bits per heavy atom. The van der Waals surface area contributed by atoms with Gasteiger partial charge in [-0.2, -0.15) is 0 Å². The number of nitrogens with two attached hydrogens (primary N) is 1. The van der Waals surface area contributed by atoms with Crippen molar-refractivity contribution < 1.29 is 26.3 Å². The minimum atomic E-state index is 0. The van der Waals surface area contributed by atoms with Crippen LogP contribution in [0.2, 0.25) is 5.02 Å². The third-order valence-corrected chi connectivity index (χ3v) is 5.27. The molecule has 0 aliphatic heterocycles. The zero-order valence-electron chi connectivity index (χ0n) is 16.2. The van der Waals surface area contributed by atoms with Crippen molar-refractivity contribution in [1.29, 1.82) is 0 Å². The topological polar surface area (TPSA) is 55.1 Å². The largest absolute Gasteiger partial charge is 1.00 e. The van der Waals surface area contributed by atoms with E-state index in [2.05, 4.69) is 29.4 Å². The first-order valence-electron chi connectivity index (χ1n) is 9.32. The number of para-hydroxylation sites is 2. The van der Waals surface area contributed by atoms with Crippen molar-refractivity contribution in [3.63, 3.8) is 0 Å². The first kappa shape index (κ1) is 22.4. The van der Waals surface area contributed by atoms with E-state index in [1.54, 1.807) is 24.3 Å². The van der Waals surface area contributed by atoms with Gasteiger partial charge in [-0.1, -0.05) is 37.6 Å². The van der Waals surface area contributed by atoms with Gasteiger partial charge in [-0.15, -0.1) is 0 Å². The smallest absolute Gasteiger partial charge is 0.356 e. The molecule has 7 heteroatoms. The summed E-state index contributed by atoms with van der Waals surface area (Å²) in [5.74, 6) is 0.612.